The zero-order valence-corrected chi connectivity index (χ0v) is 19.7. The third kappa shape index (κ3) is 5.43. The molecule has 12 heteroatoms. The van der Waals surface area contributed by atoms with Crippen LogP contribution in [0.25, 0.3) is 21.9 Å². The highest BCUT2D eigenvalue weighted by atomic mass is 32.2. The fourth-order valence-corrected chi connectivity index (χ4v) is 4.98. The van der Waals surface area contributed by atoms with Crippen LogP contribution in [0.4, 0.5) is 17.6 Å². The predicted octanol–water partition coefficient (Wildman–Crippen LogP) is 3.40. The lowest BCUT2D eigenvalue weighted by atomic mass is 10.1. The van der Waals surface area contributed by atoms with Crippen molar-refractivity contribution in [3.8, 4) is 0 Å². The second kappa shape index (κ2) is 9.15. The molecule has 0 amide bonds. The maximum Gasteiger partial charge on any atom is 0.406 e. The Balaban J connectivity index is 1.84. The van der Waals surface area contributed by atoms with Crippen LogP contribution in [0.1, 0.15) is 17.7 Å². The topological polar surface area (TPSA) is 92.0 Å². The number of halogens is 4. The van der Waals surface area contributed by atoms with E-state index in [-0.39, 0.29) is 23.3 Å². The van der Waals surface area contributed by atoms with E-state index in [1.54, 1.807) is 6.07 Å². The van der Waals surface area contributed by atoms with Gasteiger partial charge in [-0.2, -0.15) is 13.2 Å². The molecule has 0 atom stereocenters. The number of rotatable bonds is 8. The highest BCUT2D eigenvalue weighted by molar-refractivity contribution is 7.90. The van der Waals surface area contributed by atoms with Crippen LogP contribution in [0.5, 0.6) is 0 Å². The zero-order chi connectivity index (χ0) is 25.5. The number of nitrogens with two attached hydrogens (primary N) is 1. The standard InChI is InChI=1S/C23H24F4N4O3S/c1-35(33,34)8-2-7-29-18(10-16-9-15(12-28)3-5-19(16)29)13-30-21-11-17(24)4-6-20(21)31(22(30)32)14-23(25,26)27/h3-6,9-11H,2,7-8,12-14,28H2,1H3. The van der Waals surface area contributed by atoms with Crippen molar-refractivity contribution in [2.45, 2.75) is 38.8 Å². The van der Waals surface area contributed by atoms with E-state index >= 15 is 0 Å². The molecule has 7 nitrogen and oxygen atoms in total. The molecular formula is C23H24F4N4O3S. The molecule has 0 bridgehead atoms. The maximum atomic E-state index is 14.0. The van der Waals surface area contributed by atoms with Crippen LogP contribution in [-0.2, 0) is 36.0 Å². The Morgan fingerprint density at radius 2 is 1.66 bits per heavy atom. The molecule has 2 aromatic carbocycles. The lowest BCUT2D eigenvalue weighted by Crippen LogP contribution is -2.30. The van der Waals surface area contributed by atoms with Gasteiger partial charge in [-0.05, 0) is 48.4 Å². The Hall–Kier alpha value is -3.12. The van der Waals surface area contributed by atoms with Crippen molar-refractivity contribution >= 4 is 31.8 Å². The molecule has 0 unspecified atom stereocenters. The smallest absolute Gasteiger partial charge is 0.343 e. The van der Waals surface area contributed by atoms with Gasteiger partial charge >= 0.3 is 11.9 Å². The minimum atomic E-state index is -4.64. The number of nitrogens with zero attached hydrogens (tertiary/aromatic N) is 3. The van der Waals surface area contributed by atoms with Gasteiger partial charge in [-0.3, -0.25) is 9.13 Å². The summed E-state index contributed by atoms with van der Waals surface area (Å²) in [5, 5.41) is 0.792. The summed E-state index contributed by atoms with van der Waals surface area (Å²) in [4.78, 5) is 13.1. The Morgan fingerprint density at radius 1 is 0.943 bits per heavy atom. The average Bonchev–Trinajstić information content (AvgIpc) is 3.21. The summed E-state index contributed by atoms with van der Waals surface area (Å²) in [6.07, 6.45) is -3.21. The second-order valence-electron chi connectivity index (χ2n) is 8.57. The van der Waals surface area contributed by atoms with E-state index in [1.807, 2.05) is 22.8 Å². The van der Waals surface area contributed by atoms with Gasteiger partial charge in [0.15, 0.2) is 0 Å². The summed E-state index contributed by atoms with van der Waals surface area (Å²) in [6.45, 7) is -1.03. The van der Waals surface area contributed by atoms with Crippen LogP contribution >= 0.6 is 0 Å². The fraction of sp³-hybridized carbons (Fsp3) is 0.348. The molecule has 0 saturated heterocycles. The molecule has 2 N–H and O–H groups in total. The first-order chi connectivity index (χ1) is 16.4. The van der Waals surface area contributed by atoms with Crippen LogP contribution in [0, 0.1) is 5.82 Å². The first-order valence-electron chi connectivity index (χ1n) is 10.8. The molecule has 2 heterocycles. The summed E-state index contributed by atoms with van der Waals surface area (Å²) < 4.78 is 80.3. The Labute approximate surface area is 198 Å². The molecule has 0 aliphatic carbocycles. The molecule has 0 saturated carbocycles. The number of aromatic nitrogens is 3. The number of fused-ring (bicyclic) bond motifs is 2. The van der Waals surface area contributed by atoms with Crippen molar-refractivity contribution < 1.29 is 26.0 Å². The number of alkyl halides is 3. The molecular weight excluding hydrogens is 488 g/mol. The van der Waals surface area contributed by atoms with Gasteiger partial charge in [0.05, 0.1) is 23.3 Å². The number of aryl methyl sites for hydroxylation is 1. The summed E-state index contributed by atoms with van der Waals surface area (Å²) in [7, 11) is -3.20. The quantitative estimate of drug-likeness (QED) is 0.367. The largest absolute Gasteiger partial charge is 0.406 e. The van der Waals surface area contributed by atoms with E-state index < -0.39 is 34.1 Å². The molecule has 0 aliphatic rings. The van der Waals surface area contributed by atoms with Crippen molar-refractivity contribution in [1.29, 1.82) is 0 Å². The van der Waals surface area contributed by atoms with Crippen LogP contribution in [0.2, 0.25) is 0 Å². The molecule has 188 valence electrons. The SMILES string of the molecule is CS(=O)(=O)CCCn1c(Cn2c(=O)n(CC(F)(F)F)c3ccc(F)cc32)cc2cc(CN)ccc21. The minimum absolute atomic E-state index is 0.0288. The van der Waals surface area contributed by atoms with Crippen molar-refractivity contribution in [3.05, 3.63) is 70.0 Å². The maximum absolute atomic E-state index is 14.0. The zero-order valence-electron chi connectivity index (χ0n) is 18.8. The van der Waals surface area contributed by atoms with Crippen molar-refractivity contribution in [2.24, 2.45) is 5.73 Å². The van der Waals surface area contributed by atoms with Gasteiger partial charge in [0.25, 0.3) is 0 Å². The summed E-state index contributed by atoms with van der Waals surface area (Å²) in [5.41, 5.74) is 7.02. The van der Waals surface area contributed by atoms with E-state index in [2.05, 4.69) is 0 Å². The van der Waals surface area contributed by atoms with E-state index in [4.69, 9.17) is 5.73 Å². The van der Waals surface area contributed by atoms with Gasteiger partial charge in [-0.15, -0.1) is 0 Å². The summed E-state index contributed by atoms with van der Waals surface area (Å²) >= 11 is 0. The van der Waals surface area contributed by atoms with Crippen LogP contribution in [0.15, 0.2) is 47.3 Å². The fourth-order valence-electron chi connectivity index (χ4n) is 4.32. The number of benzene rings is 2. The van der Waals surface area contributed by atoms with Gasteiger partial charge < -0.3 is 10.3 Å². The average molecular weight is 513 g/mol. The van der Waals surface area contributed by atoms with Gasteiger partial charge in [0, 0.05) is 35.9 Å². The van der Waals surface area contributed by atoms with E-state index in [1.165, 1.54) is 0 Å². The monoisotopic (exact) mass is 512 g/mol. The summed E-state index contributed by atoms with van der Waals surface area (Å²) in [6, 6.07) is 10.5. The van der Waals surface area contributed by atoms with Crippen molar-refractivity contribution in [3.63, 3.8) is 0 Å². The highest BCUT2D eigenvalue weighted by Gasteiger charge is 2.31. The minimum Gasteiger partial charge on any atom is -0.343 e. The van der Waals surface area contributed by atoms with Gasteiger partial charge in [0.1, 0.15) is 22.2 Å². The van der Waals surface area contributed by atoms with Crippen LogP contribution < -0.4 is 11.4 Å². The van der Waals surface area contributed by atoms with Gasteiger partial charge in [-0.1, -0.05) is 6.07 Å². The van der Waals surface area contributed by atoms with Crippen molar-refractivity contribution in [1.82, 2.24) is 13.7 Å². The predicted molar refractivity (Wildman–Crippen MR) is 125 cm³/mol. The van der Waals surface area contributed by atoms with E-state index in [0.717, 1.165) is 45.5 Å². The lowest BCUT2D eigenvalue weighted by Gasteiger charge is -2.12. The van der Waals surface area contributed by atoms with Gasteiger partial charge in [0.2, 0.25) is 0 Å². The summed E-state index contributed by atoms with van der Waals surface area (Å²) in [5.74, 6) is -0.736. The van der Waals surface area contributed by atoms with Crippen molar-refractivity contribution in [2.75, 3.05) is 12.0 Å². The normalized spacial score (nSPS) is 12.7. The first kappa shape index (κ1) is 25.0. The molecule has 0 radical (unpaired) electrons. The number of sulfone groups is 1. The van der Waals surface area contributed by atoms with E-state index in [0.29, 0.717) is 29.8 Å². The number of hydrogen-bond acceptors (Lipinski definition) is 4. The molecule has 4 aromatic rings. The lowest BCUT2D eigenvalue weighted by molar-refractivity contribution is -0.140. The van der Waals surface area contributed by atoms with Crippen LogP contribution in [0.3, 0.4) is 0 Å². The van der Waals surface area contributed by atoms with E-state index in [9.17, 15) is 30.8 Å². The third-order valence-corrected chi connectivity index (χ3v) is 6.85. The van der Waals surface area contributed by atoms with Gasteiger partial charge in [-0.25, -0.2) is 17.6 Å². The number of imidazole rings is 1. The Bertz CT molecular complexity index is 1570. The first-order valence-corrected chi connectivity index (χ1v) is 12.9. The third-order valence-electron chi connectivity index (χ3n) is 5.82. The van der Waals surface area contributed by atoms with Crippen LogP contribution in [-0.4, -0.2) is 40.3 Å². The molecule has 0 fully saturated rings. The Morgan fingerprint density at radius 3 is 2.31 bits per heavy atom. The molecule has 35 heavy (non-hydrogen) atoms. The highest BCUT2D eigenvalue weighted by Crippen LogP contribution is 2.25. The number of hydrogen-bond donors (Lipinski definition) is 1. The molecule has 0 aliphatic heterocycles. The molecule has 2 aromatic heterocycles. The molecule has 0 spiro atoms. The molecule has 4 rings (SSSR count). The Kier molecular flexibility index (Phi) is 6.54. The second-order valence-corrected chi connectivity index (χ2v) is 10.8.